The van der Waals surface area contributed by atoms with E-state index in [4.69, 9.17) is 0 Å². The molecule has 31 heavy (non-hydrogen) atoms. The maximum atomic E-state index is 2.73. The van der Waals surface area contributed by atoms with Gasteiger partial charge in [0, 0.05) is 0 Å². The molecule has 2 aromatic rings. The molecule has 0 N–H and O–H groups in total. The third kappa shape index (κ3) is 3.32. The Hall–Kier alpha value is -1.24. The van der Waals surface area contributed by atoms with Crippen LogP contribution in [0.1, 0.15) is 66.1 Å². The summed E-state index contributed by atoms with van der Waals surface area (Å²) in [6.07, 6.45) is 0. The van der Waals surface area contributed by atoms with Crippen molar-refractivity contribution < 1.29 is 17.4 Å². The molecule has 2 aromatic carbocycles. The Labute approximate surface area is 192 Å². The van der Waals surface area contributed by atoms with Crippen molar-refractivity contribution in [2.24, 2.45) is 5.92 Å². The van der Waals surface area contributed by atoms with Gasteiger partial charge in [0.2, 0.25) is 0 Å². The van der Waals surface area contributed by atoms with Gasteiger partial charge in [0.1, 0.15) is 0 Å². The number of hydrogen-bond acceptors (Lipinski definition) is 0. The van der Waals surface area contributed by atoms with E-state index >= 15 is 0 Å². The van der Waals surface area contributed by atoms with Gasteiger partial charge in [-0.2, -0.15) is 0 Å². The molecule has 0 spiro atoms. The second-order valence-corrected chi connectivity index (χ2v) is 40.7. The molecule has 2 aliphatic rings. The second kappa shape index (κ2) is 7.39. The van der Waals surface area contributed by atoms with Crippen molar-refractivity contribution in [1.29, 1.82) is 0 Å². The third-order valence-electron chi connectivity index (χ3n) is 8.41. The average Bonchev–Trinajstić information content (AvgIpc) is 3.09. The summed E-state index contributed by atoms with van der Waals surface area (Å²) < 4.78 is 7.85. The first kappa shape index (κ1) is 22.9. The van der Waals surface area contributed by atoms with Crippen LogP contribution in [0.3, 0.4) is 0 Å². The van der Waals surface area contributed by atoms with E-state index in [1.54, 1.807) is 27.9 Å². The van der Waals surface area contributed by atoms with E-state index in [1.807, 2.05) is 3.28 Å². The normalized spacial score (nSPS) is 22.0. The zero-order chi connectivity index (χ0) is 22.9. The Kier molecular flexibility index (Phi) is 5.47. The van der Waals surface area contributed by atoms with Crippen molar-refractivity contribution in [3.05, 3.63) is 95.9 Å². The summed E-state index contributed by atoms with van der Waals surface area (Å²) in [5, 5.41) is 0. The Morgan fingerprint density at radius 2 is 1.42 bits per heavy atom. The van der Waals surface area contributed by atoms with Crippen LogP contribution in [0.15, 0.2) is 68.0 Å². The van der Waals surface area contributed by atoms with E-state index in [1.165, 1.54) is 27.8 Å². The SMILES string of the molecule is CC1=C(C)C(C)[C]([Zr]([CH3])([CH3])(=[SiH2])[CH]2C(C)=C(c3ccccc3)c3c(C)cc(C)cc32)=C1C. The number of hydrogen-bond donors (Lipinski definition) is 0. The Morgan fingerprint density at radius 1 is 0.806 bits per heavy atom. The van der Waals surface area contributed by atoms with Crippen LogP contribution in [0.4, 0.5) is 0 Å². The molecule has 0 bridgehead atoms. The predicted octanol–water partition coefficient (Wildman–Crippen LogP) is 7.77. The molecule has 0 heterocycles. The van der Waals surface area contributed by atoms with E-state index in [-0.39, 0.29) is 0 Å². The summed E-state index contributed by atoms with van der Waals surface area (Å²) in [7, 11) is 0. The topological polar surface area (TPSA) is 0 Å². The van der Waals surface area contributed by atoms with E-state index in [0.29, 0.717) is 9.54 Å². The summed E-state index contributed by atoms with van der Waals surface area (Å²) in [5.74, 6) is 0.584. The minimum absolute atomic E-state index is 0.565. The van der Waals surface area contributed by atoms with Gasteiger partial charge in [0.15, 0.2) is 0 Å². The molecule has 4 rings (SSSR count). The summed E-state index contributed by atoms with van der Waals surface area (Å²) in [6, 6.07) is 16.0. The summed E-state index contributed by atoms with van der Waals surface area (Å²) in [5.41, 5.74) is 15.2. The summed E-state index contributed by atoms with van der Waals surface area (Å²) in [4.78, 5) is 0. The first-order valence-electron chi connectivity index (χ1n) is 11.7. The van der Waals surface area contributed by atoms with Crippen LogP contribution < -0.4 is 0 Å². The molecular weight excluding hydrogens is 468 g/mol. The summed E-state index contributed by atoms with van der Waals surface area (Å²) in [6.45, 7) is 19.0. The molecular formula is C29H38SiZr. The van der Waals surface area contributed by atoms with E-state index in [9.17, 15) is 0 Å². The molecule has 0 radical (unpaired) electrons. The van der Waals surface area contributed by atoms with Crippen molar-refractivity contribution in [1.82, 2.24) is 0 Å². The fourth-order valence-corrected chi connectivity index (χ4v) is 28.7. The second-order valence-electron chi connectivity index (χ2n) is 11.3. The van der Waals surface area contributed by atoms with Gasteiger partial charge in [-0.25, -0.2) is 0 Å². The molecule has 0 amide bonds. The molecule has 2 aliphatic carbocycles. The zero-order valence-electron chi connectivity index (χ0n) is 20.9. The van der Waals surface area contributed by atoms with E-state index < -0.39 is 17.4 Å². The van der Waals surface area contributed by atoms with Gasteiger partial charge in [-0.15, -0.1) is 0 Å². The quantitative estimate of drug-likeness (QED) is 0.374. The van der Waals surface area contributed by atoms with Crippen molar-refractivity contribution in [2.75, 3.05) is 0 Å². The van der Waals surface area contributed by atoms with Crippen LogP contribution >= 0.6 is 0 Å². The summed E-state index contributed by atoms with van der Waals surface area (Å²) >= 11 is -3.42. The van der Waals surface area contributed by atoms with Crippen molar-refractivity contribution >= 4 is 12.5 Å². The molecule has 0 fully saturated rings. The van der Waals surface area contributed by atoms with Gasteiger partial charge in [-0.05, 0) is 0 Å². The molecule has 2 unspecified atom stereocenters. The van der Waals surface area contributed by atoms with Crippen LogP contribution in [-0.4, -0.2) is 6.88 Å². The van der Waals surface area contributed by atoms with Gasteiger partial charge in [-0.1, -0.05) is 0 Å². The first-order chi connectivity index (χ1) is 14.3. The molecule has 0 aromatic heterocycles. The van der Waals surface area contributed by atoms with Crippen molar-refractivity contribution in [3.63, 3.8) is 0 Å². The molecule has 0 saturated heterocycles. The van der Waals surface area contributed by atoms with Crippen LogP contribution in [0, 0.1) is 19.8 Å². The molecule has 0 nitrogen and oxygen atoms in total. The predicted molar refractivity (Wildman–Crippen MR) is 137 cm³/mol. The van der Waals surface area contributed by atoms with Crippen molar-refractivity contribution in [3.8, 4) is 0 Å². The molecule has 162 valence electrons. The molecule has 0 aliphatic heterocycles. The molecule has 2 atom stereocenters. The van der Waals surface area contributed by atoms with Crippen LogP contribution in [0.25, 0.3) is 5.57 Å². The molecule has 2 heteroatoms. The Morgan fingerprint density at radius 3 is 1.97 bits per heavy atom. The van der Waals surface area contributed by atoms with Crippen LogP contribution in [0.5, 0.6) is 0 Å². The van der Waals surface area contributed by atoms with Crippen molar-refractivity contribution in [2.45, 2.75) is 61.4 Å². The number of rotatable bonds is 3. The van der Waals surface area contributed by atoms with Gasteiger partial charge >= 0.3 is 193 Å². The van der Waals surface area contributed by atoms with E-state index in [2.05, 4.69) is 107 Å². The standard InChI is InChI=1S/C18H17.C9H13.2CH3.H2Si.Zr/c1-12-9-13(2)18-16(10-12)11-14(3)17(18)15-7-5-4-6-8-15;1-6-5-7(2)9(4)8(6)3;;;;/h4-11H,1-3H3;6H,1-4H3;2*1H3;1H2;. The fourth-order valence-electron chi connectivity index (χ4n) is 7.16. The Bertz CT molecular complexity index is 1260. The first-order valence-corrected chi connectivity index (χ1v) is 25.2. The minimum atomic E-state index is -3.42. The number of aryl methyl sites for hydroxylation is 2. The van der Waals surface area contributed by atoms with Crippen LogP contribution in [-0.2, 0) is 17.4 Å². The van der Waals surface area contributed by atoms with E-state index in [0.717, 1.165) is 0 Å². The number of benzene rings is 2. The number of fused-ring (bicyclic) bond motifs is 1. The van der Waals surface area contributed by atoms with Gasteiger partial charge in [0.25, 0.3) is 0 Å². The van der Waals surface area contributed by atoms with Gasteiger partial charge in [-0.3, -0.25) is 0 Å². The number of allylic oxidation sites excluding steroid dienone is 5. The maximum absolute atomic E-state index is 3.42. The fraction of sp³-hybridized carbons (Fsp3) is 0.379. The van der Waals surface area contributed by atoms with Gasteiger partial charge < -0.3 is 0 Å². The van der Waals surface area contributed by atoms with Crippen LogP contribution in [0.2, 0.25) is 9.26 Å². The molecule has 0 saturated carbocycles. The third-order valence-corrected chi connectivity index (χ3v) is 25.8. The van der Waals surface area contributed by atoms with Gasteiger partial charge in [0.05, 0.1) is 0 Å². The Balaban J connectivity index is 2.06. The average molecular weight is 506 g/mol. The monoisotopic (exact) mass is 504 g/mol. The zero-order valence-corrected chi connectivity index (χ0v) is 24.8.